The lowest BCUT2D eigenvalue weighted by Crippen LogP contribution is -2.45. The van der Waals surface area contributed by atoms with E-state index >= 15 is 0 Å². The lowest BCUT2D eigenvalue weighted by atomic mass is 9.94. The molecular formula is C19H22F2N2O2. The van der Waals surface area contributed by atoms with Crippen molar-refractivity contribution < 1.29 is 18.3 Å². The minimum absolute atomic E-state index is 0.408. The van der Waals surface area contributed by atoms with Crippen molar-refractivity contribution in [3.63, 3.8) is 0 Å². The van der Waals surface area contributed by atoms with Crippen LogP contribution in [0.1, 0.15) is 17.2 Å². The van der Waals surface area contributed by atoms with Crippen LogP contribution in [0.25, 0.3) is 0 Å². The number of ether oxygens (including phenoxy) is 2. The number of benzene rings is 2. The molecule has 0 amide bonds. The van der Waals surface area contributed by atoms with E-state index in [1.807, 2.05) is 18.2 Å². The van der Waals surface area contributed by atoms with Gasteiger partial charge in [0.25, 0.3) is 0 Å². The smallest absolute Gasteiger partial charge is 0.131 e. The summed E-state index contributed by atoms with van der Waals surface area (Å²) in [7, 11) is 3.15. The van der Waals surface area contributed by atoms with E-state index in [1.54, 1.807) is 14.2 Å². The lowest BCUT2D eigenvalue weighted by Gasteiger charge is -2.36. The molecule has 2 aromatic rings. The van der Waals surface area contributed by atoms with Crippen molar-refractivity contribution in [1.82, 2.24) is 10.2 Å². The first-order chi connectivity index (χ1) is 12.2. The molecule has 0 radical (unpaired) electrons. The average Bonchev–Trinajstić information content (AvgIpc) is 2.64. The molecule has 4 nitrogen and oxygen atoms in total. The van der Waals surface area contributed by atoms with E-state index in [0.29, 0.717) is 17.1 Å². The Labute approximate surface area is 146 Å². The van der Waals surface area contributed by atoms with E-state index < -0.39 is 17.7 Å². The molecule has 1 heterocycles. The molecule has 2 aromatic carbocycles. The van der Waals surface area contributed by atoms with Gasteiger partial charge in [-0.05, 0) is 18.2 Å². The summed E-state index contributed by atoms with van der Waals surface area (Å²) < 4.78 is 39.1. The summed E-state index contributed by atoms with van der Waals surface area (Å²) in [4.78, 5) is 2.16. The van der Waals surface area contributed by atoms with Crippen LogP contribution in [0.3, 0.4) is 0 Å². The Morgan fingerprint density at radius 2 is 1.64 bits per heavy atom. The van der Waals surface area contributed by atoms with Gasteiger partial charge in [-0.1, -0.05) is 12.1 Å². The van der Waals surface area contributed by atoms with E-state index in [-0.39, 0.29) is 0 Å². The molecule has 1 aliphatic rings. The Balaban J connectivity index is 2.18. The van der Waals surface area contributed by atoms with Gasteiger partial charge in [0.05, 0.1) is 25.8 Å². The van der Waals surface area contributed by atoms with Crippen LogP contribution in [0.5, 0.6) is 11.5 Å². The maximum atomic E-state index is 14.6. The molecule has 1 unspecified atom stereocenters. The topological polar surface area (TPSA) is 33.7 Å². The number of nitrogens with one attached hydrogen (secondary N) is 1. The van der Waals surface area contributed by atoms with Crippen LogP contribution in [0.4, 0.5) is 8.78 Å². The number of hydrogen-bond donors (Lipinski definition) is 1. The molecule has 3 rings (SSSR count). The van der Waals surface area contributed by atoms with Crippen LogP contribution in [0.2, 0.25) is 0 Å². The first kappa shape index (κ1) is 17.6. The zero-order chi connectivity index (χ0) is 17.8. The highest BCUT2D eigenvalue weighted by atomic mass is 19.1. The molecular weight excluding hydrogens is 326 g/mol. The quantitative estimate of drug-likeness (QED) is 0.901. The summed E-state index contributed by atoms with van der Waals surface area (Å²) in [6, 6.07) is 8.78. The number of halogens is 2. The fraction of sp³-hybridized carbons (Fsp3) is 0.368. The Hall–Kier alpha value is -2.18. The molecule has 1 atom stereocenters. The van der Waals surface area contributed by atoms with Crippen molar-refractivity contribution in [2.75, 3.05) is 40.4 Å². The SMILES string of the molecule is COc1cccc(OC)c1C(c1ccc(F)cc1F)N1CCNCC1. The number of piperazine rings is 1. The number of methoxy groups -OCH3 is 2. The van der Waals surface area contributed by atoms with Crippen LogP contribution in [0.15, 0.2) is 36.4 Å². The Bertz CT molecular complexity index is 711. The zero-order valence-corrected chi connectivity index (χ0v) is 14.4. The third-order valence-electron chi connectivity index (χ3n) is 4.51. The molecule has 134 valence electrons. The van der Waals surface area contributed by atoms with Crippen molar-refractivity contribution in [2.24, 2.45) is 0 Å². The van der Waals surface area contributed by atoms with Crippen molar-refractivity contribution in [1.29, 1.82) is 0 Å². The fourth-order valence-corrected chi connectivity index (χ4v) is 3.35. The normalized spacial score (nSPS) is 16.5. The van der Waals surface area contributed by atoms with Gasteiger partial charge in [-0.15, -0.1) is 0 Å². The van der Waals surface area contributed by atoms with Gasteiger partial charge < -0.3 is 14.8 Å². The van der Waals surface area contributed by atoms with E-state index in [1.165, 1.54) is 12.1 Å². The number of hydrogen-bond acceptors (Lipinski definition) is 4. The molecule has 0 aliphatic carbocycles. The second kappa shape index (κ2) is 7.80. The van der Waals surface area contributed by atoms with Gasteiger partial charge in [-0.25, -0.2) is 8.78 Å². The molecule has 0 bridgehead atoms. The Morgan fingerprint density at radius 1 is 1.00 bits per heavy atom. The summed E-state index contributed by atoms with van der Waals surface area (Å²) in [6.45, 7) is 3.08. The predicted octanol–water partition coefficient (Wildman–Crippen LogP) is 2.98. The zero-order valence-electron chi connectivity index (χ0n) is 14.4. The third-order valence-corrected chi connectivity index (χ3v) is 4.51. The highest BCUT2D eigenvalue weighted by Crippen LogP contribution is 2.41. The van der Waals surface area contributed by atoms with Crippen molar-refractivity contribution in [3.8, 4) is 11.5 Å². The molecule has 1 fully saturated rings. The van der Waals surface area contributed by atoms with Crippen LogP contribution in [0, 0.1) is 11.6 Å². The van der Waals surface area contributed by atoms with Gasteiger partial charge in [0.2, 0.25) is 0 Å². The Kier molecular flexibility index (Phi) is 5.50. The fourth-order valence-electron chi connectivity index (χ4n) is 3.35. The first-order valence-electron chi connectivity index (χ1n) is 8.26. The monoisotopic (exact) mass is 348 g/mol. The van der Waals surface area contributed by atoms with Gasteiger partial charge in [0.1, 0.15) is 23.1 Å². The predicted molar refractivity (Wildman–Crippen MR) is 92.2 cm³/mol. The van der Waals surface area contributed by atoms with E-state index in [9.17, 15) is 8.78 Å². The minimum atomic E-state index is -0.590. The molecule has 25 heavy (non-hydrogen) atoms. The summed E-state index contributed by atoms with van der Waals surface area (Å²) >= 11 is 0. The molecule has 0 saturated carbocycles. The summed E-state index contributed by atoms with van der Waals surface area (Å²) in [5, 5.41) is 3.30. The maximum absolute atomic E-state index is 14.6. The molecule has 0 aromatic heterocycles. The van der Waals surface area contributed by atoms with Crippen LogP contribution in [-0.4, -0.2) is 45.3 Å². The van der Waals surface area contributed by atoms with Crippen molar-refractivity contribution in [3.05, 3.63) is 59.2 Å². The van der Waals surface area contributed by atoms with Gasteiger partial charge in [-0.3, -0.25) is 4.90 Å². The summed E-state index contributed by atoms with van der Waals surface area (Å²) in [6.07, 6.45) is 0. The highest BCUT2D eigenvalue weighted by molar-refractivity contribution is 5.51. The number of rotatable bonds is 5. The highest BCUT2D eigenvalue weighted by Gasteiger charge is 2.31. The first-order valence-corrected chi connectivity index (χ1v) is 8.26. The maximum Gasteiger partial charge on any atom is 0.131 e. The van der Waals surface area contributed by atoms with E-state index in [2.05, 4.69) is 10.2 Å². The Morgan fingerprint density at radius 3 is 2.20 bits per heavy atom. The second-order valence-electron chi connectivity index (χ2n) is 5.93. The average molecular weight is 348 g/mol. The molecule has 1 N–H and O–H groups in total. The van der Waals surface area contributed by atoms with Crippen molar-refractivity contribution in [2.45, 2.75) is 6.04 Å². The van der Waals surface area contributed by atoms with Gasteiger partial charge in [0.15, 0.2) is 0 Å². The standard InChI is InChI=1S/C19H22F2N2O2/c1-24-16-4-3-5-17(25-2)18(16)19(23-10-8-22-9-11-23)14-7-6-13(20)12-15(14)21/h3-7,12,19,22H,8-11H2,1-2H3. The van der Waals surface area contributed by atoms with E-state index in [4.69, 9.17) is 9.47 Å². The summed E-state index contributed by atoms with van der Waals surface area (Å²) in [5.41, 5.74) is 1.16. The van der Waals surface area contributed by atoms with Crippen LogP contribution in [-0.2, 0) is 0 Å². The molecule has 6 heteroatoms. The van der Waals surface area contributed by atoms with Crippen LogP contribution >= 0.6 is 0 Å². The molecule has 0 spiro atoms. The van der Waals surface area contributed by atoms with Gasteiger partial charge in [-0.2, -0.15) is 0 Å². The van der Waals surface area contributed by atoms with Gasteiger partial charge >= 0.3 is 0 Å². The third kappa shape index (κ3) is 3.60. The lowest BCUT2D eigenvalue weighted by molar-refractivity contribution is 0.189. The number of nitrogens with zero attached hydrogens (tertiary/aromatic N) is 1. The molecule has 1 saturated heterocycles. The summed E-state index contributed by atoms with van der Waals surface area (Å²) in [5.74, 6) is 0.0713. The minimum Gasteiger partial charge on any atom is -0.496 e. The van der Waals surface area contributed by atoms with Gasteiger partial charge in [0, 0.05) is 37.8 Å². The van der Waals surface area contributed by atoms with Crippen molar-refractivity contribution >= 4 is 0 Å². The molecule has 1 aliphatic heterocycles. The largest absolute Gasteiger partial charge is 0.496 e. The van der Waals surface area contributed by atoms with Crippen LogP contribution < -0.4 is 14.8 Å². The second-order valence-corrected chi connectivity index (χ2v) is 5.93. The van der Waals surface area contributed by atoms with E-state index in [0.717, 1.165) is 37.8 Å².